The second-order valence-corrected chi connectivity index (χ2v) is 9.33. The van der Waals surface area contributed by atoms with Gasteiger partial charge in [-0.25, -0.2) is 14.9 Å². The van der Waals surface area contributed by atoms with Crippen molar-refractivity contribution in [2.45, 2.75) is 33.6 Å². The molecule has 0 fully saturated rings. The van der Waals surface area contributed by atoms with Gasteiger partial charge in [0.2, 0.25) is 5.96 Å². The van der Waals surface area contributed by atoms with Crippen LogP contribution in [-0.4, -0.2) is 28.4 Å². The molecule has 0 unspecified atom stereocenters. The number of nitrogens with zero attached hydrogens (tertiary/aromatic N) is 5. The molecular formula is C27H27N5. The van der Waals surface area contributed by atoms with Crippen molar-refractivity contribution >= 4 is 23.5 Å². The van der Waals surface area contributed by atoms with Crippen LogP contribution in [0.1, 0.15) is 31.9 Å². The van der Waals surface area contributed by atoms with E-state index in [9.17, 15) is 0 Å². The summed E-state index contributed by atoms with van der Waals surface area (Å²) < 4.78 is 0. The molecule has 3 aliphatic rings. The zero-order valence-corrected chi connectivity index (χ0v) is 18.7. The van der Waals surface area contributed by atoms with E-state index in [-0.39, 0.29) is 11.3 Å². The highest BCUT2D eigenvalue weighted by Gasteiger charge is 2.34. The van der Waals surface area contributed by atoms with E-state index in [2.05, 4.69) is 81.4 Å². The Balaban J connectivity index is 1.56. The Morgan fingerprint density at radius 1 is 0.781 bits per heavy atom. The Morgan fingerprint density at radius 2 is 1.41 bits per heavy atom. The third-order valence-corrected chi connectivity index (χ3v) is 5.70. The number of hydrogen-bond acceptors (Lipinski definition) is 5. The van der Waals surface area contributed by atoms with Crippen LogP contribution in [0, 0.1) is 11.3 Å². The van der Waals surface area contributed by atoms with Gasteiger partial charge in [0.05, 0.1) is 0 Å². The number of benzene rings is 2. The maximum absolute atomic E-state index is 4.99. The summed E-state index contributed by atoms with van der Waals surface area (Å²) >= 11 is 0. The predicted molar refractivity (Wildman–Crippen MR) is 132 cm³/mol. The molecular weight excluding hydrogens is 394 g/mol. The summed E-state index contributed by atoms with van der Waals surface area (Å²) in [6, 6.07) is 21.1. The maximum Gasteiger partial charge on any atom is 0.240 e. The highest BCUT2D eigenvalue weighted by atomic mass is 15.4. The van der Waals surface area contributed by atoms with Gasteiger partial charge in [-0.15, -0.1) is 0 Å². The van der Waals surface area contributed by atoms with Crippen LogP contribution in [0.15, 0.2) is 105 Å². The SMILES string of the molecule is CC(C)(C)C1=NC2=CC=CC3=NC(C(Cc4ccccc4)Cc4ccccc4)=NC(=N1)N23. The molecule has 160 valence electrons. The maximum atomic E-state index is 4.99. The molecule has 5 nitrogen and oxygen atoms in total. The van der Waals surface area contributed by atoms with Crippen molar-refractivity contribution in [2.24, 2.45) is 31.3 Å². The molecule has 0 atom stereocenters. The quantitative estimate of drug-likeness (QED) is 0.635. The molecule has 3 aliphatic heterocycles. The van der Waals surface area contributed by atoms with E-state index < -0.39 is 0 Å². The first kappa shape index (κ1) is 20.3. The van der Waals surface area contributed by atoms with E-state index >= 15 is 0 Å². The van der Waals surface area contributed by atoms with Gasteiger partial charge in [0.25, 0.3) is 0 Å². The van der Waals surface area contributed by atoms with Crippen LogP contribution in [0.25, 0.3) is 0 Å². The molecule has 2 aromatic rings. The summed E-state index contributed by atoms with van der Waals surface area (Å²) in [5, 5.41) is 0. The minimum Gasteiger partial charge on any atom is -0.246 e. The van der Waals surface area contributed by atoms with Crippen molar-refractivity contribution < 1.29 is 0 Å². The number of hydrogen-bond donors (Lipinski definition) is 0. The highest BCUT2D eigenvalue weighted by molar-refractivity contribution is 6.21. The van der Waals surface area contributed by atoms with Gasteiger partial charge < -0.3 is 0 Å². The molecule has 0 bridgehead atoms. The smallest absolute Gasteiger partial charge is 0.240 e. The third kappa shape index (κ3) is 4.11. The lowest BCUT2D eigenvalue weighted by atomic mass is 9.91. The Labute approximate surface area is 189 Å². The third-order valence-electron chi connectivity index (χ3n) is 5.70. The zero-order chi connectivity index (χ0) is 22.1. The zero-order valence-electron chi connectivity index (χ0n) is 18.7. The fourth-order valence-corrected chi connectivity index (χ4v) is 4.03. The van der Waals surface area contributed by atoms with E-state index in [1.54, 1.807) is 0 Å². The second kappa shape index (κ2) is 8.15. The van der Waals surface area contributed by atoms with E-state index in [1.165, 1.54) is 11.1 Å². The minimum absolute atomic E-state index is 0.136. The van der Waals surface area contributed by atoms with E-state index in [4.69, 9.17) is 20.0 Å². The predicted octanol–water partition coefficient (Wildman–Crippen LogP) is 5.43. The first-order valence-corrected chi connectivity index (χ1v) is 11.1. The summed E-state index contributed by atoms with van der Waals surface area (Å²) in [6.07, 6.45) is 7.74. The normalized spacial score (nSPS) is 17.2. The summed E-state index contributed by atoms with van der Waals surface area (Å²) in [4.78, 5) is 21.6. The van der Waals surface area contributed by atoms with Gasteiger partial charge in [-0.3, -0.25) is 0 Å². The average molecular weight is 422 g/mol. The minimum atomic E-state index is -0.168. The van der Waals surface area contributed by atoms with Crippen molar-refractivity contribution in [2.75, 3.05) is 0 Å². The summed E-state index contributed by atoms with van der Waals surface area (Å²) in [5.41, 5.74) is 2.39. The molecule has 0 amide bonds. The van der Waals surface area contributed by atoms with Gasteiger partial charge in [0, 0.05) is 11.3 Å². The van der Waals surface area contributed by atoms with Gasteiger partial charge in [-0.05, 0) is 36.1 Å². The van der Waals surface area contributed by atoms with Crippen molar-refractivity contribution in [1.82, 2.24) is 4.90 Å². The molecule has 0 aromatic heterocycles. The molecule has 5 rings (SSSR count). The van der Waals surface area contributed by atoms with E-state index in [0.29, 0.717) is 5.96 Å². The number of rotatable bonds is 5. The number of amidine groups is 3. The number of allylic oxidation sites excluding steroid dienone is 2. The summed E-state index contributed by atoms with van der Waals surface area (Å²) in [5.74, 6) is 4.06. The topological polar surface area (TPSA) is 52.7 Å². The van der Waals surface area contributed by atoms with Gasteiger partial charge in [-0.1, -0.05) is 87.5 Å². The van der Waals surface area contributed by atoms with E-state index in [0.717, 1.165) is 36.2 Å². The lowest BCUT2D eigenvalue weighted by Crippen LogP contribution is -2.44. The molecule has 3 heterocycles. The Kier molecular flexibility index (Phi) is 5.17. The van der Waals surface area contributed by atoms with Crippen LogP contribution in [-0.2, 0) is 12.8 Å². The second-order valence-electron chi connectivity index (χ2n) is 9.33. The molecule has 0 aliphatic carbocycles. The molecule has 32 heavy (non-hydrogen) atoms. The summed E-state index contributed by atoms with van der Waals surface area (Å²) in [7, 11) is 0. The van der Waals surface area contributed by atoms with Crippen molar-refractivity contribution in [3.63, 3.8) is 0 Å². The van der Waals surface area contributed by atoms with Crippen molar-refractivity contribution in [3.8, 4) is 0 Å². The monoisotopic (exact) mass is 421 g/mol. The van der Waals surface area contributed by atoms with E-state index in [1.807, 2.05) is 23.1 Å². The standard InChI is InChI=1S/C27H27N5/c1-27(2,3)25-29-23-16-10-15-22-28-24(30-26(31-25)32(22)23)21(17-19-11-6-4-7-12-19)18-20-13-8-5-9-14-20/h4-16,21H,17-18H2,1-3H3. The van der Waals surface area contributed by atoms with Gasteiger partial charge in [-0.2, -0.15) is 9.98 Å². The van der Waals surface area contributed by atoms with Crippen LogP contribution in [0.3, 0.4) is 0 Å². The lowest BCUT2D eigenvalue weighted by Gasteiger charge is -2.34. The first-order valence-electron chi connectivity index (χ1n) is 11.1. The van der Waals surface area contributed by atoms with Crippen LogP contribution >= 0.6 is 0 Å². The fourth-order valence-electron chi connectivity index (χ4n) is 4.03. The largest absolute Gasteiger partial charge is 0.246 e. The van der Waals surface area contributed by atoms with Gasteiger partial charge >= 0.3 is 0 Å². The van der Waals surface area contributed by atoms with Gasteiger partial charge in [0.1, 0.15) is 23.3 Å². The number of aliphatic imine (C=N–C) groups is 4. The summed E-state index contributed by atoms with van der Waals surface area (Å²) in [6.45, 7) is 6.38. The Hall–Kier alpha value is -3.60. The average Bonchev–Trinajstić information content (AvgIpc) is 2.79. The molecule has 0 radical (unpaired) electrons. The Bertz CT molecular complexity index is 1150. The van der Waals surface area contributed by atoms with Crippen LogP contribution in [0.4, 0.5) is 0 Å². The Morgan fingerprint density at radius 3 is 2.00 bits per heavy atom. The van der Waals surface area contributed by atoms with Crippen LogP contribution in [0.5, 0.6) is 0 Å². The molecule has 0 spiro atoms. The van der Waals surface area contributed by atoms with Crippen molar-refractivity contribution in [3.05, 3.63) is 95.8 Å². The first-order chi connectivity index (χ1) is 15.5. The van der Waals surface area contributed by atoms with Crippen LogP contribution in [0.2, 0.25) is 0 Å². The van der Waals surface area contributed by atoms with Crippen molar-refractivity contribution in [1.29, 1.82) is 0 Å². The molecule has 5 heteroatoms. The molecule has 0 saturated carbocycles. The van der Waals surface area contributed by atoms with Gasteiger partial charge in [0.15, 0.2) is 0 Å². The molecule has 2 aromatic carbocycles. The molecule has 0 N–H and O–H groups in total. The fraction of sp³-hybridized carbons (Fsp3) is 0.259. The molecule has 0 saturated heterocycles. The lowest BCUT2D eigenvalue weighted by molar-refractivity contribution is 0.570. The number of guanidine groups is 1. The highest BCUT2D eigenvalue weighted by Crippen LogP contribution is 2.29. The van der Waals surface area contributed by atoms with Crippen LogP contribution < -0.4 is 0 Å².